The molecule has 0 aliphatic carbocycles. The molecule has 0 bridgehead atoms. The zero-order chi connectivity index (χ0) is 12.1. The molecule has 0 aromatic carbocycles. The first-order chi connectivity index (χ1) is 6.81. The van der Waals surface area contributed by atoms with Crippen molar-refractivity contribution < 1.29 is 29.9 Å². The SMILES string of the molecule is CO[N+]1(C)[BH2-][N+](C)(OC)[BH2-]1.[2HH].[BH3-][NH+](C)OC. The molecule has 1 N–H and O–H groups in total. The second kappa shape index (κ2) is 5.88. The second-order valence-electron chi connectivity index (χ2n) is 4.95. The van der Waals surface area contributed by atoms with Crippen LogP contribution in [0.4, 0.5) is 0 Å². The van der Waals surface area contributed by atoms with Crippen LogP contribution in [0, 0.1) is 0 Å². The van der Waals surface area contributed by atoms with Crippen LogP contribution in [0.5, 0.6) is 0 Å². The summed E-state index contributed by atoms with van der Waals surface area (Å²) >= 11 is 0. The van der Waals surface area contributed by atoms with Crippen molar-refractivity contribution in [1.29, 1.82) is 0 Å². The van der Waals surface area contributed by atoms with Gasteiger partial charge in [-0.15, -0.1) is 0 Å². The lowest BCUT2D eigenvalue weighted by Gasteiger charge is -2.66. The monoisotopic (exact) mass is 224 g/mol. The van der Waals surface area contributed by atoms with Gasteiger partial charge in [-0.25, -0.2) is 0 Å². The van der Waals surface area contributed by atoms with Crippen LogP contribution < -0.4 is 4.97 Å². The van der Waals surface area contributed by atoms with Gasteiger partial charge in [0.2, 0.25) is 0 Å². The molecule has 1 aliphatic heterocycles. The van der Waals surface area contributed by atoms with Crippen LogP contribution in [-0.4, -0.2) is 74.5 Å². The van der Waals surface area contributed by atoms with Gasteiger partial charge in [-0.05, 0) is 0 Å². The van der Waals surface area contributed by atoms with Crippen LogP contribution in [0.2, 0.25) is 0 Å². The molecule has 1 fully saturated rings. The van der Waals surface area contributed by atoms with Gasteiger partial charge in [0.1, 0.15) is 0 Å². The van der Waals surface area contributed by atoms with Crippen molar-refractivity contribution in [2.45, 2.75) is 0 Å². The maximum absolute atomic E-state index is 5.32. The summed E-state index contributed by atoms with van der Waals surface area (Å²) < 4.78 is 1.79. The molecule has 1 rings (SSSR count). The summed E-state index contributed by atoms with van der Waals surface area (Å²) in [4.78, 5) is 16.7. The van der Waals surface area contributed by atoms with E-state index in [0.29, 0.717) is 7.98 Å². The van der Waals surface area contributed by atoms with E-state index >= 15 is 0 Å². The molecule has 15 heavy (non-hydrogen) atoms. The number of hydrogen-bond acceptors (Lipinski definition) is 3. The lowest BCUT2D eigenvalue weighted by molar-refractivity contribution is -1.10. The highest BCUT2D eigenvalue weighted by Gasteiger charge is 2.39. The molecule has 0 radical (unpaired) electrons. The fraction of sp³-hybridized carbons (Fsp3) is 1.00. The average molecular weight is 224 g/mol. The van der Waals surface area contributed by atoms with Gasteiger partial charge >= 0.3 is 15.1 Å². The summed E-state index contributed by atoms with van der Waals surface area (Å²) in [6.07, 6.45) is 0. The van der Waals surface area contributed by atoms with Crippen LogP contribution in [0.1, 0.15) is 1.43 Å². The minimum Gasteiger partial charge on any atom is -0.463 e. The zero-order valence-corrected chi connectivity index (χ0v) is 10.6. The Morgan fingerprint density at radius 3 is 1.47 bits per heavy atom. The van der Waals surface area contributed by atoms with Crippen molar-refractivity contribution in [2.75, 3.05) is 42.5 Å². The highest BCUT2D eigenvalue weighted by atomic mass is 16.8. The third kappa shape index (κ3) is 5.01. The Morgan fingerprint density at radius 1 is 1.07 bits per heavy atom. The second-order valence-corrected chi connectivity index (χ2v) is 4.95. The Balaban J connectivity index is 0. The molecule has 94 valence electrons. The normalized spacial score (nSPS) is 36.2. The number of nitrogens with one attached hydrogen (secondary N) is 1. The minimum absolute atomic E-state index is 0. The molecular formula is C6H28B3N3O3. The molecule has 6 nitrogen and oxygen atoms in total. The van der Waals surface area contributed by atoms with Gasteiger partial charge in [-0.3, -0.25) is 14.5 Å². The van der Waals surface area contributed by atoms with Crippen LogP contribution in [0.25, 0.3) is 0 Å². The Hall–Kier alpha value is -0.0452. The summed E-state index contributed by atoms with van der Waals surface area (Å²) in [5.41, 5.74) is 0. The van der Waals surface area contributed by atoms with Gasteiger partial charge in [0.15, 0.2) is 7.98 Å². The molecule has 1 unspecified atom stereocenters. The molecule has 0 spiro atoms. The van der Waals surface area contributed by atoms with Crippen molar-refractivity contribution >= 4 is 23.1 Å². The van der Waals surface area contributed by atoms with Gasteiger partial charge in [0.25, 0.3) is 0 Å². The summed E-state index contributed by atoms with van der Waals surface area (Å²) in [6.45, 7) is 0. The lowest BCUT2D eigenvalue weighted by atomic mass is 9.73. The van der Waals surface area contributed by atoms with E-state index in [0.717, 1.165) is 8.94 Å². The number of quaternary nitrogens is 3. The van der Waals surface area contributed by atoms with Crippen LogP contribution in [0.15, 0.2) is 0 Å². The highest BCUT2D eigenvalue weighted by molar-refractivity contribution is 6.45. The number of rotatable bonds is 3. The van der Waals surface area contributed by atoms with E-state index in [4.69, 9.17) is 14.5 Å². The topological polar surface area (TPSA) is 32.1 Å². The summed E-state index contributed by atoms with van der Waals surface area (Å²) in [5.74, 6) is 0. The van der Waals surface area contributed by atoms with Gasteiger partial charge in [-0.2, -0.15) is 0 Å². The van der Waals surface area contributed by atoms with Crippen molar-refractivity contribution in [1.82, 2.24) is 0 Å². The van der Waals surface area contributed by atoms with E-state index in [1.807, 2.05) is 7.05 Å². The number of hydrogen-bond donors (Lipinski definition) is 1. The fourth-order valence-corrected chi connectivity index (χ4v) is 2.45. The van der Waals surface area contributed by atoms with E-state index in [9.17, 15) is 0 Å². The highest BCUT2D eigenvalue weighted by Crippen LogP contribution is 2.19. The Morgan fingerprint density at radius 2 is 1.33 bits per heavy atom. The average Bonchev–Trinajstić information content (AvgIpc) is 2.16. The van der Waals surface area contributed by atoms with E-state index in [1.165, 1.54) is 4.97 Å². The molecule has 0 amide bonds. The smallest absolute Gasteiger partial charge is 0.368 e. The van der Waals surface area contributed by atoms with Crippen LogP contribution in [0.3, 0.4) is 0 Å². The standard InChI is InChI=1S/C4H16B2N2O2.C2H10BNO.H2/c1-7(9-3)5-8(2,6-7)10-4;1-4(3)5-2;/h5-6H2,1-4H3;4H,1-3H3;1H/i;;1+1. The molecule has 0 saturated carbocycles. The molecule has 1 aliphatic rings. The van der Waals surface area contributed by atoms with Crippen molar-refractivity contribution in [3.05, 3.63) is 0 Å². The predicted molar refractivity (Wildman–Crippen MR) is 69.4 cm³/mol. The van der Waals surface area contributed by atoms with Crippen molar-refractivity contribution in [3.63, 3.8) is 0 Å². The van der Waals surface area contributed by atoms with Gasteiger partial charge < -0.3 is 13.9 Å². The van der Waals surface area contributed by atoms with E-state index in [-0.39, 0.29) is 16.5 Å². The quantitative estimate of drug-likeness (QED) is 0.388. The third-order valence-corrected chi connectivity index (χ3v) is 3.23. The summed E-state index contributed by atoms with van der Waals surface area (Å²) in [7, 11) is 11.7. The largest absolute Gasteiger partial charge is 0.463 e. The Labute approximate surface area is 96.2 Å². The summed E-state index contributed by atoms with van der Waals surface area (Å²) in [5, 5.41) is 0. The molecule has 9 heteroatoms. The van der Waals surface area contributed by atoms with Gasteiger partial charge in [-0.1, -0.05) is 0 Å². The third-order valence-electron chi connectivity index (χ3n) is 3.23. The number of nitrogens with zero attached hydrogens (tertiary/aromatic N) is 2. The zero-order valence-electron chi connectivity index (χ0n) is 10.6. The van der Waals surface area contributed by atoms with Crippen molar-refractivity contribution in [2.24, 2.45) is 0 Å². The maximum atomic E-state index is 5.32. The van der Waals surface area contributed by atoms with E-state index in [2.05, 4.69) is 14.1 Å². The van der Waals surface area contributed by atoms with Crippen molar-refractivity contribution in [3.8, 4) is 0 Å². The molecule has 0 aromatic rings. The molecular weight excluding hydrogens is 195 g/mol. The first kappa shape index (κ1) is 15.0. The molecule has 0 aromatic heterocycles. The first-order valence-corrected chi connectivity index (χ1v) is 4.98. The molecule has 1 saturated heterocycles. The lowest BCUT2D eigenvalue weighted by Crippen LogP contribution is -3.05. The van der Waals surface area contributed by atoms with Crippen LogP contribution >= 0.6 is 0 Å². The first-order valence-electron chi connectivity index (χ1n) is 4.98. The fourth-order valence-electron chi connectivity index (χ4n) is 2.45. The maximum Gasteiger partial charge on any atom is 0.368 e. The van der Waals surface area contributed by atoms with Crippen LogP contribution in [-0.2, 0) is 14.5 Å². The minimum atomic E-state index is -0.153. The Kier molecular flexibility index (Phi) is 5.86. The number of hydroxylamine groups is 3. The van der Waals surface area contributed by atoms with Gasteiger partial charge in [0.05, 0.1) is 28.4 Å². The van der Waals surface area contributed by atoms with Gasteiger partial charge in [0, 0.05) is 15.5 Å². The summed E-state index contributed by atoms with van der Waals surface area (Å²) in [6, 6.07) is 0. The van der Waals surface area contributed by atoms with E-state index < -0.39 is 0 Å². The predicted octanol–water partition coefficient (Wildman–Crippen LogP) is -4.40. The molecule has 1 heterocycles. The Bertz CT molecular complexity index is 181. The molecule has 1 atom stereocenters. The van der Waals surface area contributed by atoms with E-state index in [1.54, 1.807) is 21.3 Å².